The number of aromatic nitrogens is 1. The molecule has 3 heterocycles. The average molecular weight is 908 g/mol. The zero-order chi connectivity index (χ0) is 49.0. The summed E-state index contributed by atoms with van der Waals surface area (Å²) in [6, 6.07) is 49.9. The number of hydrogen-bond acceptors (Lipinski definition) is 2. The highest BCUT2D eigenvalue weighted by molar-refractivity contribution is 7.00. The van der Waals surface area contributed by atoms with Crippen LogP contribution < -0.4 is 26.3 Å². The molecule has 1 aromatic heterocycles. The van der Waals surface area contributed by atoms with Crippen LogP contribution >= 0.6 is 0 Å². The molecule has 0 saturated heterocycles. The van der Waals surface area contributed by atoms with E-state index < -0.39 is 0 Å². The average Bonchev–Trinajstić information content (AvgIpc) is 3.67. The molecular weight excluding hydrogens is 834 g/mol. The summed E-state index contributed by atoms with van der Waals surface area (Å²) >= 11 is 0. The van der Waals surface area contributed by atoms with Crippen molar-refractivity contribution in [3.05, 3.63) is 166 Å². The van der Waals surface area contributed by atoms with Gasteiger partial charge in [0.05, 0.1) is 5.69 Å². The first-order valence-electron chi connectivity index (χ1n) is 26.0. The van der Waals surface area contributed by atoms with Gasteiger partial charge in [0.25, 0.3) is 6.71 Å². The van der Waals surface area contributed by atoms with Gasteiger partial charge in [-0.1, -0.05) is 170 Å². The summed E-state index contributed by atoms with van der Waals surface area (Å²) in [4.78, 5) is 5.37. The van der Waals surface area contributed by atoms with E-state index in [0.717, 1.165) is 12.8 Å². The van der Waals surface area contributed by atoms with E-state index in [4.69, 9.17) is 0 Å². The van der Waals surface area contributed by atoms with Crippen molar-refractivity contribution >= 4 is 57.4 Å². The maximum Gasteiger partial charge on any atom is 0.273 e. The second-order valence-corrected chi connectivity index (χ2v) is 26.1. The van der Waals surface area contributed by atoms with Crippen LogP contribution in [0.15, 0.2) is 127 Å². The number of aryl methyl sites for hydroxylation is 1. The lowest BCUT2D eigenvalue weighted by Crippen LogP contribution is -2.63. The van der Waals surface area contributed by atoms with Crippen LogP contribution in [0.25, 0.3) is 16.8 Å². The summed E-state index contributed by atoms with van der Waals surface area (Å²) in [6.07, 6.45) is 4.60. The van der Waals surface area contributed by atoms with Gasteiger partial charge in [0.15, 0.2) is 0 Å². The summed E-state index contributed by atoms with van der Waals surface area (Å²) in [5, 5.41) is 0. The first-order valence-corrected chi connectivity index (χ1v) is 26.0. The Morgan fingerprint density at radius 2 is 1.00 bits per heavy atom. The van der Waals surface area contributed by atoms with E-state index in [0.29, 0.717) is 0 Å². The molecule has 2 aliphatic carbocycles. The Balaban J connectivity index is 1.30. The second kappa shape index (κ2) is 15.1. The quantitative estimate of drug-likeness (QED) is 0.163. The molecule has 0 amide bonds. The molecule has 69 heavy (non-hydrogen) atoms. The Hall–Kier alpha value is -5.74. The molecule has 0 unspecified atom stereocenters. The fourth-order valence-corrected chi connectivity index (χ4v) is 12.9. The summed E-state index contributed by atoms with van der Waals surface area (Å²) in [5.74, 6) is 0. The molecule has 7 aromatic rings. The van der Waals surface area contributed by atoms with E-state index in [9.17, 15) is 0 Å². The van der Waals surface area contributed by atoms with E-state index in [-0.39, 0.29) is 39.2 Å². The van der Waals surface area contributed by atoms with Gasteiger partial charge in [-0.15, -0.1) is 0 Å². The molecule has 6 aromatic carbocycles. The van der Waals surface area contributed by atoms with Gasteiger partial charge in [-0.2, -0.15) is 0 Å². The number of rotatable bonds is 4. The fourth-order valence-electron chi connectivity index (χ4n) is 12.9. The number of fused-ring (bicyclic) bond motifs is 7. The Kier molecular flexibility index (Phi) is 10.0. The van der Waals surface area contributed by atoms with Crippen LogP contribution in [0.3, 0.4) is 0 Å². The van der Waals surface area contributed by atoms with E-state index in [1.54, 1.807) is 0 Å². The van der Waals surface area contributed by atoms with Crippen molar-refractivity contribution in [2.75, 3.05) is 9.80 Å². The molecule has 11 rings (SSSR count). The summed E-state index contributed by atoms with van der Waals surface area (Å²) in [6.45, 7) is 36.3. The highest BCUT2D eigenvalue weighted by Crippen LogP contribution is 2.56. The van der Waals surface area contributed by atoms with Crippen LogP contribution in [0.5, 0.6) is 0 Å². The van der Waals surface area contributed by atoms with Gasteiger partial charge in [0, 0.05) is 56.4 Å². The van der Waals surface area contributed by atoms with Crippen molar-refractivity contribution in [3.8, 4) is 16.8 Å². The molecule has 0 spiro atoms. The zero-order valence-corrected chi connectivity index (χ0v) is 44.4. The SMILES string of the molecule is Cc1cc2c3c(c1)N(c1ccc4c(c1)C(C)(C)CCC4(C)C)c1c4c(n(-c5ccc(-c6ccccc6)cc5)c1B3c1cc(C(C)(C)C)ccc1N2c1ccc(C(C)(C)C)cc1)C(C)(C)CCC4(C)C. The van der Waals surface area contributed by atoms with Crippen molar-refractivity contribution in [2.45, 2.75) is 162 Å². The highest BCUT2D eigenvalue weighted by Gasteiger charge is 2.53. The van der Waals surface area contributed by atoms with Gasteiger partial charge in [0.2, 0.25) is 0 Å². The van der Waals surface area contributed by atoms with Gasteiger partial charge in [-0.05, 0) is 164 Å². The molecule has 0 saturated carbocycles. The molecule has 2 aliphatic heterocycles. The minimum Gasteiger partial charge on any atom is -0.323 e. The van der Waals surface area contributed by atoms with E-state index in [2.05, 4.69) is 246 Å². The standard InChI is InChI=1S/C65H74BN3/c1-41-37-53-56-54(38-41)68(48-30-31-49-50(40-48)63(10,11)34-33-62(49,8)9)57-55-58(65(14,15)36-35-64(55,12)13)69(47-26-21-43(22-27-47)42-19-17-16-18-20-42)59(57)66(56)51-39-45(61(5,6)7)25-32-52(51)67(53)46-28-23-44(24-29-46)60(2,3)4/h16-32,37-40H,33-36H2,1-15H3. The smallest absolute Gasteiger partial charge is 0.273 e. The van der Waals surface area contributed by atoms with Crippen LogP contribution in [0.4, 0.5) is 34.1 Å². The van der Waals surface area contributed by atoms with Crippen molar-refractivity contribution < 1.29 is 0 Å². The molecule has 0 radical (unpaired) electrons. The minimum absolute atomic E-state index is 0.0387. The molecule has 3 nitrogen and oxygen atoms in total. The molecule has 4 heteroatoms. The molecule has 352 valence electrons. The van der Waals surface area contributed by atoms with Crippen LogP contribution in [0.2, 0.25) is 0 Å². The number of benzene rings is 6. The number of hydrogen-bond donors (Lipinski definition) is 0. The lowest BCUT2D eigenvalue weighted by molar-refractivity contribution is 0.323. The number of nitrogens with zero attached hydrogens (tertiary/aromatic N) is 3. The third kappa shape index (κ3) is 7.12. The third-order valence-corrected chi connectivity index (χ3v) is 17.2. The van der Waals surface area contributed by atoms with Gasteiger partial charge < -0.3 is 14.4 Å². The molecular formula is C65H74BN3. The van der Waals surface area contributed by atoms with Crippen molar-refractivity contribution in [3.63, 3.8) is 0 Å². The number of anilines is 6. The Morgan fingerprint density at radius 3 is 1.64 bits per heavy atom. The Labute approximate surface area is 415 Å². The minimum atomic E-state index is -0.0929. The Bertz CT molecular complexity index is 3180. The molecule has 0 atom stereocenters. The lowest BCUT2D eigenvalue weighted by atomic mass is 9.34. The highest BCUT2D eigenvalue weighted by atomic mass is 15.2. The summed E-state index contributed by atoms with van der Waals surface area (Å²) < 4.78 is 2.79. The van der Waals surface area contributed by atoms with Crippen molar-refractivity contribution in [1.82, 2.24) is 4.57 Å². The van der Waals surface area contributed by atoms with E-state index in [1.165, 1.54) is 119 Å². The monoisotopic (exact) mass is 908 g/mol. The predicted molar refractivity (Wildman–Crippen MR) is 298 cm³/mol. The van der Waals surface area contributed by atoms with Gasteiger partial charge in [-0.25, -0.2) is 0 Å². The molecule has 4 aliphatic rings. The van der Waals surface area contributed by atoms with Crippen molar-refractivity contribution in [2.24, 2.45) is 0 Å². The summed E-state index contributed by atoms with van der Waals surface area (Å²) in [5.41, 5.74) is 25.5. The largest absolute Gasteiger partial charge is 0.323 e. The third-order valence-electron chi connectivity index (χ3n) is 17.2. The lowest BCUT2D eigenvalue weighted by Gasteiger charge is -2.46. The van der Waals surface area contributed by atoms with Crippen LogP contribution in [-0.2, 0) is 32.5 Å². The summed E-state index contributed by atoms with van der Waals surface area (Å²) in [7, 11) is 0. The van der Waals surface area contributed by atoms with E-state index in [1.807, 2.05) is 0 Å². The zero-order valence-electron chi connectivity index (χ0n) is 44.4. The van der Waals surface area contributed by atoms with Gasteiger partial charge >= 0.3 is 0 Å². The van der Waals surface area contributed by atoms with Crippen LogP contribution in [0, 0.1) is 6.92 Å². The molecule has 0 bridgehead atoms. The van der Waals surface area contributed by atoms with Gasteiger partial charge in [0.1, 0.15) is 0 Å². The second-order valence-electron chi connectivity index (χ2n) is 26.1. The molecule has 0 fully saturated rings. The first kappa shape index (κ1) is 45.7. The predicted octanol–water partition coefficient (Wildman–Crippen LogP) is 15.8. The fraction of sp³-hybridized carbons (Fsp3) is 0.385. The van der Waals surface area contributed by atoms with Gasteiger partial charge in [-0.3, -0.25) is 0 Å². The van der Waals surface area contributed by atoms with Crippen molar-refractivity contribution in [1.29, 1.82) is 0 Å². The Morgan fingerprint density at radius 1 is 0.464 bits per heavy atom. The topological polar surface area (TPSA) is 11.4 Å². The van der Waals surface area contributed by atoms with Crippen LogP contribution in [0.1, 0.15) is 162 Å². The molecule has 0 N–H and O–H groups in total. The maximum absolute atomic E-state index is 2.79. The maximum atomic E-state index is 2.79. The normalized spacial score (nSPS) is 18.2. The van der Waals surface area contributed by atoms with E-state index >= 15 is 0 Å². The first-order chi connectivity index (χ1) is 32.4. The van der Waals surface area contributed by atoms with Crippen LogP contribution in [-0.4, -0.2) is 11.3 Å².